The van der Waals surface area contributed by atoms with E-state index >= 15 is 0 Å². The van der Waals surface area contributed by atoms with Gasteiger partial charge < -0.3 is 15.4 Å². The molecule has 0 saturated carbocycles. The molecule has 3 heterocycles. The van der Waals surface area contributed by atoms with Crippen LogP contribution in [-0.2, 0) is 4.74 Å². The van der Waals surface area contributed by atoms with Gasteiger partial charge in [-0.15, -0.1) is 5.10 Å². The van der Waals surface area contributed by atoms with Crippen molar-refractivity contribution >= 4 is 5.82 Å². The Bertz CT molecular complexity index is 402. The van der Waals surface area contributed by atoms with Crippen LogP contribution in [0.15, 0.2) is 12.1 Å². The summed E-state index contributed by atoms with van der Waals surface area (Å²) in [7, 11) is 0. The van der Waals surface area contributed by atoms with Crippen molar-refractivity contribution in [2.45, 2.75) is 37.6 Å². The first-order valence-electron chi connectivity index (χ1n) is 7.26. The van der Waals surface area contributed by atoms with Gasteiger partial charge in [0.15, 0.2) is 5.82 Å². The third kappa shape index (κ3) is 2.72. The summed E-state index contributed by atoms with van der Waals surface area (Å²) in [5, 5.41) is 8.84. The van der Waals surface area contributed by atoms with Crippen LogP contribution in [0.3, 0.4) is 0 Å². The molecule has 5 heteroatoms. The minimum Gasteiger partial charge on any atom is -0.381 e. The molecule has 0 bridgehead atoms. The zero-order valence-corrected chi connectivity index (χ0v) is 11.3. The SMILES string of the molecule is NCC1CCCN1c1ccc(C2CCOCC2)nn1. The minimum absolute atomic E-state index is 0.434. The van der Waals surface area contributed by atoms with Gasteiger partial charge in [-0.2, -0.15) is 5.10 Å². The predicted molar refractivity (Wildman–Crippen MR) is 74.2 cm³/mol. The molecular formula is C14H22N4O. The molecule has 1 unspecified atom stereocenters. The molecule has 2 saturated heterocycles. The lowest BCUT2D eigenvalue weighted by molar-refractivity contribution is 0.0843. The van der Waals surface area contributed by atoms with Gasteiger partial charge in [-0.25, -0.2) is 0 Å². The van der Waals surface area contributed by atoms with Crippen molar-refractivity contribution in [2.75, 3.05) is 31.2 Å². The Morgan fingerprint density at radius 2 is 2.05 bits per heavy atom. The first-order chi connectivity index (χ1) is 9.38. The van der Waals surface area contributed by atoms with Crippen LogP contribution in [0.5, 0.6) is 0 Å². The van der Waals surface area contributed by atoms with Crippen molar-refractivity contribution in [3.8, 4) is 0 Å². The van der Waals surface area contributed by atoms with E-state index in [2.05, 4.69) is 27.2 Å². The van der Waals surface area contributed by atoms with E-state index in [1.165, 1.54) is 12.8 Å². The maximum absolute atomic E-state index is 5.80. The third-order valence-corrected chi connectivity index (χ3v) is 4.25. The monoisotopic (exact) mass is 262 g/mol. The van der Waals surface area contributed by atoms with E-state index in [-0.39, 0.29) is 0 Å². The van der Waals surface area contributed by atoms with Gasteiger partial charge in [0.1, 0.15) is 0 Å². The Balaban J connectivity index is 1.71. The number of nitrogens with two attached hydrogens (primary N) is 1. The zero-order chi connectivity index (χ0) is 13.1. The van der Waals surface area contributed by atoms with Crippen LogP contribution in [0.25, 0.3) is 0 Å². The first kappa shape index (κ1) is 12.8. The first-order valence-corrected chi connectivity index (χ1v) is 7.26. The number of aromatic nitrogens is 2. The van der Waals surface area contributed by atoms with Crippen LogP contribution in [0.2, 0.25) is 0 Å². The van der Waals surface area contributed by atoms with Gasteiger partial charge in [0, 0.05) is 38.3 Å². The van der Waals surface area contributed by atoms with Gasteiger partial charge in [0.05, 0.1) is 5.69 Å². The van der Waals surface area contributed by atoms with Gasteiger partial charge in [0.25, 0.3) is 0 Å². The quantitative estimate of drug-likeness (QED) is 0.889. The second-order valence-corrected chi connectivity index (χ2v) is 5.43. The lowest BCUT2D eigenvalue weighted by Crippen LogP contribution is -2.36. The molecular weight excluding hydrogens is 240 g/mol. The summed E-state index contributed by atoms with van der Waals surface area (Å²) in [6.45, 7) is 3.43. The number of hydrogen-bond donors (Lipinski definition) is 1. The smallest absolute Gasteiger partial charge is 0.151 e. The lowest BCUT2D eigenvalue weighted by atomic mass is 9.96. The van der Waals surface area contributed by atoms with Crippen LogP contribution in [0.1, 0.15) is 37.3 Å². The van der Waals surface area contributed by atoms with Crippen LogP contribution in [0.4, 0.5) is 5.82 Å². The topological polar surface area (TPSA) is 64.3 Å². The average molecular weight is 262 g/mol. The summed E-state index contributed by atoms with van der Waals surface area (Å²) in [6.07, 6.45) is 4.48. The molecule has 0 aromatic carbocycles. The van der Waals surface area contributed by atoms with Crippen molar-refractivity contribution in [2.24, 2.45) is 5.73 Å². The van der Waals surface area contributed by atoms with Gasteiger partial charge in [0.2, 0.25) is 0 Å². The van der Waals surface area contributed by atoms with Crippen molar-refractivity contribution in [3.63, 3.8) is 0 Å². The molecule has 2 aliphatic rings. The molecule has 5 nitrogen and oxygen atoms in total. The van der Waals surface area contributed by atoms with Crippen molar-refractivity contribution in [1.82, 2.24) is 10.2 Å². The molecule has 104 valence electrons. The van der Waals surface area contributed by atoms with Gasteiger partial charge in [-0.1, -0.05) is 0 Å². The van der Waals surface area contributed by atoms with E-state index in [4.69, 9.17) is 10.5 Å². The molecule has 19 heavy (non-hydrogen) atoms. The molecule has 0 radical (unpaired) electrons. The fourth-order valence-corrected chi connectivity index (χ4v) is 3.08. The normalized spacial score (nSPS) is 24.9. The van der Waals surface area contributed by atoms with Gasteiger partial charge in [-0.05, 0) is 37.8 Å². The number of anilines is 1. The van der Waals surface area contributed by atoms with E-state index in [1.807, 2.05) is 0 Å². The summed E-state index contributed by atoms with van der Waals surface area (Å²) in [6, 6.07) is 4.67. The van der Waals surface area contributed by atoms with Gasteiger partial charge >= 0.3 is 0 Å². The Labute approximate surface area is 114 Å². The van der Waals surface area contributed by atoms with E-state index in [0.717, 1.165) is 44.1 Å². The molecule has 1 atom stereocenters. The molecule has 2 fully saturated rings. The summed E-state index contributed by atoms with van der Waals surface area (Å²) in [4.78, 5) is 2.29. The van der Waals surface area contributed by atoms with Crippen molar-refractivity contribution < 1.29 is 4.74 Å². The number of rotatable bonds is 3. The Hall–Kier alpha value is -1.20. The molecule has 2 aliphatic heterocycles. The molecule has 1 aromatic rings. The van der Waals surface area contributed by atoms with E-state index in [0.29, 0.717) is 18.5 Å². The van der Waals surface area contributed by atoms with Crippen molar-refractivity contribution in [3.05, 3.63) is 17.8 Å². The second-order valence-electron chi connectivity index (χ2n) is 5.43. The van der Waals surface area contributed by atoms with Crippen LogP contribution >= 0.6 is 0 Å². The largest absolute Gasteiger partial charge is 0.381 e. The van der Waals surface area contributed by atoms with E-state index in [1.54, 1.807) is 0 Å². The molecule has 1 aromatic heterocycles. The van der Waals surface area contributed by atoms with Crippen LogP contribution in [0, 0.1) is 0 Å². The average Bonchev–Trinajstić information content (AvgIpc) is 2.97. The second kappa shape index (κ2) is 5.84. The summed E-state index contributed by atoms with van der Waals surface area (Å²) < 4.78 is 5.38. The summed E-state index contributed by atoms with van der Waals surface area (Å²) in [5.41, 5.74) is 6.91. The number of ether oxygens (including phenoxy) is 1. The Morgan fingerprint density at radius 1 is 1.21 bits per heavy atom. The number of hydrogen-bond acceptors (Lipinski definition) is 5. The molecule has 0 aliphatic carbocycles. The van der Waals surface area contributed by atoms with Crippen LogP contribution < -0.4 is 10.6 Å². The highest BCUT2D eigenvalue weighted by Crippen LogP contribution is 2.27. The Kier molecular flexibility index (Phi) is 3.94. The molecule has 0 amide bonds. The summed E-state index contributed by atoms with van der Waals surface area (Å²) in [5.74, 6) is 1.49. The minimum atomic E-state index is 0.434. The number of nitrogens with zero attached hydrogens (tertiary/aromatic N) is 3. The Morgan fingerprint density at radius 3 is 2.74 bits per heavy atom. The molecule has 2 N–H and O–H groups in total. The summed E-state index contributed by atoms with van der Waals surface area (Å²) >= 11 is 0. The van der Waals surface area contributed by atoms with Crippen molar-refractivity contribution in [1.29, 1.82) is 0 Å². The standard InChI is InChI=1S/C14H22N4O/c15-10-12-2-1-7-18(12)14-4-3-13(16-17-14)11-5-8-19-9-6-11/h3-4,11-12H,1-2,5-10,15H2. The highest BCUT2D eigenvalue weighted by molar-refractivity contribution is 5.40. The van der Waals surface area contributed by atoms with Crippen LogP contribution in [-0.4, -0.2) is 42.5 Å². The fourth-order valence-electron chi connectivity index (χ4n) is 3.08. The maximum atomic E-state index is 5.80. The van der Waals surface area contributed by atoms with Gasteiger partial charge in [-0.3, -0.25) is 0 Å². The third-order valence-electron chi connectivity index (χ3n) is 4.25. The maximum Gasteiger partial charge on any atom is 0.151 e. The highest BCUT2D eigenvalue weighted by Gasteiger charge is 2.25. The predicted octanol–water partition coefficient (Wildman–Crippen LogP) is 1.30. The fraction of sp³-hybridized carbons (Fsp3) is 0.714. The molecule has 0 spiro atoms. The zero-order valence-electron chi connectivity index (χ0n) is 11.3. The highest BCUT2D eigenvalue weighted by atomic mass is 16.5. The lowest BCUT2D eigenvalue weighted by Gasteiger charge is -2.25. The molecule has 3 rings (SSSR count). The van der Waals surface area contributed by atoms with E-state index < -0.39 is 0 Å². The van der Waals surface area contributed by atoms with E-state index in [9.17, 15) is 0 Å².